The number of carbonyl (C=O) groups excluding carboxylic acids is 1. The molecule has 0 aliphatic rings. The number of aromatic nitrogens is 1. The molecule has 8 heteroatoms. The number of benzene rings is 2. The molecule has 0 bridgehead atoms. The lowest BCUT2D eigenvalue weighted by Crippen LogP contribution is -2.31. The minimum absolute atomic E-state index is 0.0446. The van der Waals surface area contributed by atoms with Crippen molar-refractivity contribution in [1.82, 2.24) is 9.88 Å². The van der Waals surface area contributed by atoms with Crippen LogP contribution in [0.2, 0.25) is 0 Å². The van der Waals surface area contributed by atoms with Crippen LogP contribution < -0.4 is 14.2 Å². The minimum atomic E-state index is -0.121. The lowest BCUT2D eigenvalue weighted by atomic mass is 10.1. The minimum Gasteiger partial charge on any atom is -0.493 e. The van der Waals surface area contributed by atoms with Crippen molar-refractivity contribution in [3.05, 3.63) is 46.3 Å². The first-order valence-corrected chi connectivity index (χ1v) is 11.1. The highest BCUT2D eigenvalue weighted by Crippen LogP contribution is 2.39. The normalized spacial score (nSPS) is 11.1. The summed E-state index contributed by atoms with van der Waals surface area (Å²) >= 11 is 3.27. The van der Waals surface area contributed by atoms with Crippen molar-refractivity contribution in [2.45, 2.75) is 13.5 Å². The molecule has 0 fully saturated rings. The molecule has 1 amide bonds. The number of amides is 1. The van der Waals surface area contributed by atoms with E-state index in [0.717, 1.165) is 30.9 Å². The molecule has 0 saturated carbocycles. The predicted molar refractivity (Wildman–Crippen MR) is 121 cm³/mol. The first kappa shape index (κ1) is 20.4. The van der Waals surface area contributed by atoms with E-state index in [1.54, 1.807) is 48.8 Å². The standard InChI is InChI=1S/C22H22N2O4S2/c1-13-23-20-18(30-13)10-17(15-8-9-29-22(15)20)28-12-19(25)24(2)11-14-6-5-7-16(26-3)21(14)27-4/h5-10H,11-12H2,1-4H3. The number of ether oxygens (including phenoxy) is 3. The lowest BCUT2D eigenvalue weighted by molar-refractivity contribution is -0.132. The van der Waals surface area contributed by atoms with Crippen LogP contribution >= 0.6 is 22.7 Å². The number of carbonyl (C=O) groups is 1. The molecule has 0 aliphatic heterocycles. The van der Waals surface area contributed by atoms with Crippen molar-refractivity contribution >= 4 is 48.9 Å². The van der Waals surface area contributed by atoms with Crippen molar-refractivity contribution in [2.75, 3.05) is 27.9 Å². The van der Waals surface area contributed by atoms with Crippen LogP contribution in [0.15, 0.2) is 35.7 Å². The molecule has 0 aliphatic carbocycles. The van der Waals surface area contributed by atoms with Crippen molar-refractivity contribution < 1.29 is 19.0 Å². The van der Waals surface area contributed by atoms with Gasteiger partial charge in [-0.3, -0.25) is 4.79 Å². The summed E-state index contributed by atoms with van der Waals surface area (Å²) in [5.74, 6) is 1.86. The maximum absolute atomic E-state index is 12.7. The van der Waals surface area contributed by atoms with Crippen molar-refractivity contribution in [2.24, 2.45) is 0 Å². The summed E-state index contributed by atoms with van der Waals surface area (Å²) in [5.41, 5.74) is 1.87. The highest BCUT2D eigenvalue weighted by Gasteiger charge is 2.17. The first-order chi connectivity index (χ1) is 14.5. The largest absolute Gasteiger partial charge is 0.493 e. The number of hydrogen-bond donors (Lipinski definition) is 0. The fraction of sp³-hybridized carbons (Fsp3) is 0.273. The van der Waals surface area contributed by atoms with E-state index in [4.69, 9.17) is 14.2 Å². The van der Waals surface area contributed by atoms with Gasteiger partial charge in [-0.05, 0) is 24.4 Å². The molecule has 0 atom stereocenters. The van der Waals surface area contributed by atoms with Gasteiger partial charge in [-0.25, -0.2) is 4.98 Å². The van der Waals surface area contributed by atoms with Gasteiger partial charge in [0.05, 0.1) is 34.1 Å². The smallest absolute Gasteiger partial charge is 0.260 e. The summed E-state index contributed by atoms with van der Waals surface area (Å²) in [6.07, 6.45) is 0. The number of thiophene rings is 1. The molecule has 2 heterocycles. The third-order valence-electron chi connectivity index (χ3n) is 4.84. The van der Waals surface area contributed by atoms with Crippen LogP contribution in [-0.4, -0.2) is 43.7 Å². The molecular formula is C22H22N2O4S2. The average molecular weight is 443 g/mol. The molecule has 4 rings (SSSR count). The van der Waals surface area contributed by atoms with E-state index in [9.17, 15) is 4.79 Å². The molecule has 0 unspecified atom stereocenters. The number of nitrogens with zero attached hydrogens (tertiary/aromatic N) is 2. The highest BCUT2D eigenvalue weighted by atomic mass is 32.1. The summed E-state index contributed by atoms with van der Waals surface area (Å²) in [7, 11) is 4.94. The second kappa shape index (κ2) is 8.49. The molecule has 156 valence electrons. The zero-order valence-corrected chi connectivity index (χ0v) is 18.9. The van der Waals surface area contributed by atoms with E-state index < -0.39 is 0 Å². The zero-order valence-electron chi connectivity index (χ0n) is 17.2. The molecule has 2 aromatic carbocycles. The van der Waals surface area contributed by atoms with Gasteiger partial charge in [0, 0.05) is 30.6 Å². The lowest BCUT2D eigenvalue weighted by Gasteiger charge is -2.20. The monoisotopic (exact) mass is 442 g/mol. The van der Waals surface area contributed by atoms with Crippen LogP contribution in [-0.2, 0) is 11.3 Å². The van der Waals surface area contributed by atoms with E-state index in [2.05, 4.69) is 4.98 Å². The third-order valence-corrected chi connectivity index (χ3v) is 6.68. The molecule has 0 radical (unpaired) electrons. The van der Waals surface area contributed by atoms with E-state index in [0.29, 0.717) is 23.8 Å². The van der Waals surface area contributed by atoms with Gasteiger partial charge in [-0.1, -0.05) is 12.1 Å². The van der Waals surface area contributed by atoms with E-state index in [1.165, 1.54) is 0 Å². The van der Waals surface area contributed by atoms with Gasteiger partial charge in [-0.15, -0.1) is 22.7 Å². The molecule has 0 saturated heterocycles. The Hall–Kier alpha value is -2.84. The fourth-order valence-corrected chi connectivity index (χ4v) is 5.21. The number of fused-ring (bicyclic) bond motifs is 3. The van der Waals surface area contributed by atoms with E-state index in [1.807, 2.05) is 42.6 Å². The second-order valence-electron chi connectivity index (χ2n) is 6.81. The Labute approximate surface area is 182 Å². The average Bonchev–Trinajstić information content (AvgIpc) is 3.37. The Bertz CT molecular complexity index is 1210. The Balaban J connectivity index is 1.50. The molecular weight excluding hydrogens is 420 g/mol. The van der Waals surface area contributed by atoms with Gasteiger partial charge in [0.25, 0.3) is 5.91 Å². The first-order valence-electron chi connectivity index (χ1n) is 9.35. The number of hydrogen-bond acceptors (Lipinski definition) is 7. The molecule has 2 aromatic heterocycles. The van der Waals surface area contributed by atoms with Crippen molar-refractivity contribution in [3.8, 4) is 17.2 Å². The van der Waals surface area contributed by atoms with Gasteiger partial charge in [0.15, 0.2) is 18.1 Å². The van der Waals surface area contributed by atoms with Gasteiger partial charge < -0.3 is 19.1 Å². The topological polar surface area (TPSA) is 60.9 Å². The van der Waals surface area contributed by atoms with Gasteiger partial charge in [0.2, 0.25) is 0 Å². The van der Waals surface area contributed by atoms with Gasteiger partial charge in [0.1, 0.15) is 5.75 Å². The summed E-state index contributed by atoms with van der Waals surface area (Å²) in [6, 6.07) is 9.62. The highest BCUT2D eigenvalue weighted by molar-refractivity contribution is 7.21. The number of rotatable bonds is 7. The van der Waals surface area contributed by atoms with Crippen molar-refractivity contribution in [3.63, 3.8) is 0 Å². The van der Waals surface area contributed by atoms with Gasteiger partial charge >= 0.3 is 0 Å². The number of likely N-dealkylation sites (N-methyl/N-ethyl adjacent to an activating group) is 1. The van der Waals surface area contributed by atoms with E-state index in [-0.39, 0.29) is 12.5 Å². The Morgan fingerprint density at radius 2 is 2.00 bits per heavy atom. The summed E-state index contributed by atoms with van der Waals surface area (Å²) in [5, 5.41) is 4.02. The number of aryl methyl sites for hydroxylation is 1. The Morgan fingerprint density at radius 1 is 1.17 bits per heavy atom. The molecule has 4 aromatic rings. The van der Waals surface area contributed by atoms with Gasteiger partial charge in [-0.2, -0.15) is 0 Å². The number of thiazole rings is 1. The van der Waals surface area contributed by atoms with Crippen molar-refractivity contribution in [1.29, 1.82) is 0 Å². The number of para-hydroxylation sites is 1. The fourth-order valence-electron chi connectivity index (χ4n) is 3.38. The second-order valence-corrected chi connectivity index (χ2v) is 8.96. The molecule has 0 N–H and O–H groups in total. The third kappa shape index (κ3) is 3.80. The number of methoxy groups -OCH3 is 2. The molecule has 6 nitrogen and oxygen atoms in total. The summed E-state index contributed by atoms with van der Waals surface area (Å²) in [6.45, 7) is 2.34. The SMILES string of the molecule is COc1cccc(CN(C)C(=O)COc2cc3sc(C)nc3c3sccc23)c1OC. The van der Waals surface area contributed by atoms with Crippen LogP contribution in [0.5, 0.6) is 17.2 Å². The zero-order chi connectivity index (χ0) is 21.3. The quantitative estimate of drug-likeness (QED) is 0.408. The van der Waals surface area contributed by atoms with Crippen LogP contribution in [0.25, 0.3) is 20.3 Å². The molecule has 0 spiro atoms. The summed E-state index contributed by atoms with van der Waals surface area (Å²) in [4.78, 5) is 19.0. The maximum atomic E-state index is 12.7. The Kier molecular flexibility index (Phi) is 5.78. The van der Waals surface area contributed by atoms with Crippen LogP contribution in [0, 0.1) is 6.92 Å². The van der Waals surface area contributed by atoms with E-state index >= 15 is 0 Å². The Morgan fingerprint density at radius 3 is 2.77 bits per heavy atom. The van der Waals surface area contributed by atoms with Crippen LogP contribution in [0.3, 0.4) is 0 Å². The maximum Gasteiger partial charge on any atom is 0.260 e. The summed E-state index contributed by atoms with van der Waals surface area (Å²) < 4.78 is 18.9. The predicted octanol–water partition coefficient (Wildman–Crippen LogP) is 4.87. The molecule has 30 heavy (non-hydrogen) atoms. The van der Waals surface area contributed by atoms with Crippen LogP contribution in [0.4, 0.5) is 0 Å². The van der Waals surface area contributed by atoms with Crippen LogP contribution in [0.1, 0.15) is 10.6 Å².